The summed E-state index contributed by atoms with van der Waals surface area (Å²) in [4.78, 5) is 27.9. The summed E-state index contributed by atoms with van der Waals surface area (Å²) >= 11 is 0. The lowest BCUT2D eigenvalue weighted by Gasteiger charge is -2.35. The number of piperidine rings is 1. The van der Waals surface area contributed by atoms with Crippen molar-refractivity contribution in [1.29, 1.82) is 0 Å². The molecule has 0 unspecified atom stereocenters. The second-order valence-electron chi connectivity index (χ2n) is 5.58. The van der Waals surface area contributed by atoms with Gasteiger partial charge in [0.2, 0.25) is 5.91 Å². The molecular formula is C14H24N2O3. The first-order valence-electron chi connectivity index (χ1n) is 7.25. The molecule has 0 aromatic rings. The van der Waals surface area contributed by atoms with Crippen molar-refractivity contribution in [2.24, 2.45) is 0 Å². The minimum Gasteiger partial charge on any atom is -0.468 e. The number of likely N-dealkylation sites (tertiary alicyclic amines) is 2. The summed E-state index contributed by atoms with van der Waals surface area (Å²) in [5.74, 6) is -0.0556. The smallest absolute Gasteiger partial charge is 0.323 e. The predicted octanol–water partition coefficient (Wildman–Crippen LogP) is 1.02. The quantitative estimate of drug-likeness (QED) is 0.717. The lowest BCUT2D eigenvalue weighted by molar-refractivity contribution is -0.147. The molecule has 0 N–H and O–H groups in total. The molecule has 0 bridgehead atoms. The zero-order valence-electron chi connectivity index (χ0n) is 11.9. The van der Waals surface area contributed by atoms with E-state index in [0.717, 1.165) is 38.8 Å². The summed E-state index contributed by atoms with van der Waals surface area (Å²) in [6, 6.07) is 0.106. The van der Waals surface area contributed by atoms with E-state index in [9.17, 15) is 9.59 Å². The van der Waals surface area contributed by atoms with Crippen LogP contribution in [0.15, 0.2) is 0 Å². The number of carbonyl (C=O) groups is 2. The van der Waals surface area contributed by atoms with Crippen molar-refractivity contribution >= 4 is 11.9 Å². The normalized spacial score (nSPS) is 28.4. The van der Waals surface area contributed by atoms with Gasteiger partial charge in [0.25, 0.3) is 0 Å². The van der Waals surface area contributed by atoms with E-state index in [0.29, 0.717) is 12.6 Å². The third-order valence-corrected chi connectivity index (χ3v) is 4.30. The maximum Gasteiger partial charge on any atom is 0.323 e. The summed E-state index contributed by atoms with van der Waals surface area (Å²) in [7, 11) is 1.41. The van der Waals surface area contributed by atoms with Gasteiger partial charge in [-0.2, -0.15) is 0 Å². The molecule has 5 nitrogen and oxygen atoms in total. The third kappa shape index (κ3) is 3.26. The van der Waals surface area contributed by atoms with Gasteiger partial charge in [-0.1, -0.05) is 0 Å². The standard InChI is InChI=1S/C14H24N2O3/c1-11-6-3-4-9-16(11)13(17)10-15-8-5-7-12(15)14(18)19-2/h11-12H,3-10H2,1-2H3/t11-,12+/m0/s1. The van der Waals surface area contributed by atoms with Crippen LogP contribution in [-0.4, -0.2) is 60.5 Å². The molecule has 0 radical (unpaired) electrons. The molecule has 2 fully saturated rings. The highest BCUT2D eigenvalue weighted by Crippen LogP contribution is 2.21. The number of carbonyl (C=O) groups excluding carboxylic acids is 2. The number of esters is 1. The second-order valence-corrected chi connectivity index (χ2v) is 5.58. The zero-order valence-corrected chi connectivity index (χ0v) is 11.9. The lowest BCUT2D eigenvalue weighted by atomic mass is 10.0. The molecule has 19 heavy (non-hydrogen) atoms. The van der Waals surface area contributed by atoms with Gasteiger partial charge in [0.05, 0.1) is 13.7 Å². The van der Waals surface area contributed by atoms with Gasteiger partial charge < -0.3 is 9.64 Å². The van der Waals surface area contributed by atoms with E-state index < -0.39 is 0 Å². The third-order valence-electron chi connectivity index (χ3n) is 4.30. The van der Waals surface area contributed by atoms with E-state index in [1.807, 2.05) is 9.80 Å². The first kappa shape index (κ1) is 14.3. The van der Waals surface area contributed by atoms with Gasteiger partial charge in [-0.15, -0.1) is 0 Å². The van der Waals surface area contributed by atoms with Gasteiger partial charge in [0.15, 0.2) is 0 Å². The van der Waals surface area contributed by atoms with Crippen molar-refractivity contribution in [3.63, 3.8) is 0 Å². The minimum atomic E-state index is -0.228. The molecular weight excluding hydrogens is 244 g/mol. The topological polar surface area (TPSA) is 49.9 Å². The van der Waals surface area contributed by atoms with Crippen LogP contribution in [0.1, 0.15) is 39.0 Å². The van der Waals surface area contributed by atoms with Crippen molar-refractivity contribution in [3.05, 3.63) is 0 Å². The lowest BCUT2D eigenvalue weighted by Crippen LogP contribution is -2.49. The minimum absolute atomic E-state index is 0.156. The fourth-order valence-electron chi connectivity index (χ4n) is 3.15. The van der Waals surface area contributed by atoms with Gasteiger partial charge in [0.1, 0.15) is 6.04 Å². The van der Waals surface area contributed by atoms with E-state index in [1.165, 1.54) is 13.5 Å². The molecule has 2 saturated heterocycles. The average molecular weight is 268 g/mol. The van der Waals surface area contributed by atoms with Crippen LogP contribution < -0.4 is 0 Å². The number of hydrogen-bond acceptors (Lipinski definition) is 4. The molecule has 0 spiro atoms. The van der Waals surface area contributed by atoms with E-state index in [4.69, 9.17) is 4.74 Å². The summed E-state index contributed by atoms with van der Waals surface area (Å²) in [5, 5.41) is 0. The number of nitrogens with zero attached hydrogens (tertiary/aromatic N) is 2. The van der Waals surface area contributed by atoms with Crippen molar-refractivity contribution in [2.75, 3.05) is 26.7 Å². The molecule has 0 saturated carbocycles. The van der Waals surface area contributed by atoms with Gasteiger partial charge in [0, 0.05) is 12.6 Å². The molecule has 1 amide bonds. The maximum atomic E-state index is 12.4. The number of amides is 1. The van der Waals surface area contributed by atoms with E-state index in [-0.39, 0.29) is 17.9 Å². The molecule has 108 valence electrons. The van der Waals surface area contributed by atoms with E-state index in [1.54, 1.807) is 0 Å². The Morgan fingerprint density at radius 3 is 2.63 bits per heavy atom. The van der Waals surface area contributed by atoms with Gasteiger partial charge in [-0.05, 0) is 45.6 Å². The molecule has 2 aliphatic heterocycles. The summed E-state index contributed by atoms with van der Waals surface area (Å²) in [5.41, 5.74) is 0. The molecule has 5 heteroatoms. The Balaban J connectivity index is 1.92. The van der Waals surface area contributed by atoms with Gasteiger partial charge in [-0.25, -0.2) is 0 Å². The average Bonchev–Trinajstić information content (AvgIpc) is 2.86. The molecule has 2 rings (SSSR count). The molecule has 0 aromatic carbocycles. The van der Waals surface area contributed by atoms with Crippen LogP contribution in [-0.2, 0) is 14.3 Å². The Morgan fingerprint density at radius 2 is 1.95 bits per heavy atom. The largest absolute Gasteiger partial charge is 0.468 e. The summed E-state index contributed by atoms with van der Waals surface area (Å²) in [6.07, 6.45) is 5.15. The fraction of sp³-hybridized carbons (Fsp3) is 0.857. The van der Waals surface area contributed by atoms with Crippen LogP contribution in [0.4, 0.5) is 0 Å². The van der Waals surface area contributed by atoms with Crippen LogP contribution in [0.3, 0.4) is 0 Å². The Morgan fingerprint density at radius 1 is 1.16 bits per heavy atom. The Kier molecular flexibility index (Phi) is 4.80. The van der Waals surface area contributed by atoms with Crippen LogP contribution in [0.5, 0.6) is 0 Å². The highest BCUT2D eigenvalue weighted by molar-refractivity contribution is 5.81. The molecule has 2 heterocycles. The Hall–Kier alpha value is -1.10. The fourth-order valence-corrected chi connectivity index (χ4v) is 3.15. The molecule has 2 aliphatic rings. The van der Waals surface area contributed by atoms with Crippen molar-refractivity contribution in [1.82, 2.24) is 9.80 Å². The van der Waals surface area contributed by atoms with Gasteiger partial charge >= 0.3 is 5.97 Å². The number of hydrogen-bond donors (Lipinski definition) is 0. The van der Waals surface area contributed by atoms with Crippen LogP contribution in [0.2, 0.25) is 0 Å². The first-order chi connectivity index (χ1) is 9.13. The van der Waals surface area contributed by atoms with Gasteiger partial charge in [-0.3, -0.25) is 14.5 Å². The SMILES string of the molecule is COC(=O)[C@H]1CCCN1CC(=O)N1CCCC[C@@H]1C. The second kappa shape index (κ2) is 6.37. The zero-order chi connectivity index (χ0) is 13.8. The van der Waals surface area contributed by atoms with E-state index >= 15 is 0 Å². The highest BCUT2D eigenvalue weighted by Gasteiger charge is 2.34. The maximum absolute atomic E-state index is 12.4. The van der Waals surface area contributed by atoms with Crippen molar-refractivity contribution in [3.8, 4) is 0 Å². The first-order valence-corrected chi connectivity index (χ1v) is 7.25. The molecule has 0 aliphatic carbocycles. The van der Waals surface area contributed by atoms with Crippen molar-refractivity contribution in [2.45, 2.75) is 51.1 Å². The number of ether oxygens (including phenoxy) is 1. The highest BCUT2D eigenvalue weighted by atomic mass is 16.5. The van der Waals surface area contributed by atoms with E-state index in [2.05, 4.69) is 6.92 Å². The van der Waals surface area contributed by atoms with Crippen LogP contribution >= 0.6 is 0 Å². The molecule has 0 aromatic heterocycles. The summed E-state index contributed by atoms with van der Waals surface area (Å²) < 4.78 is 4.81. The summed E-state index contributed by atoms with van der Waals surface area (Å²) in [6.45, 7) is 4.13. The number of rotatable bonds is 3. The Labute approximate surface area is 114 Å². The Bertz CT molecular complexity index is 346. The van der Waals surface area contributed by atoms with Crippen LogP contribution in [0.25, 0.3) is 0 Å². The van der Waals surface area contributed by atoms with Crippen LogP contribution in [0, 0.1) is 0 Å². The molecule has 2 atom stereocenters. The van der Waals surface area contributed by atoms with Crippen molar-refractivity contribution < 1.29 is 14.3 Å². The predicted molar refractivity (Wildman–Crippen MR) is 71.6 cm³/mol. The number of methoxy groups -OCH3 is 1. The monoisotopic (exact) mass is 268 g/mol.